The molecule has 13 heavy (non-hydrogen) atoms. The fraction of sp³-hybridized carbons (Fsp3) is 1.00. The molecule has 0 radical (unpaired) electrons. The fourth-order valence-corrected chi connectivity index (χ4v) is 1.77. The third-order valence-electron chi connectivity index (χ3n) is 2.59. The predicted octanol–water partition coefficient (Wildman–Crippen LogP) is 1.87. The highest BCUT2D eigenvalue weighted by Crippen LogP contribution is 2.43. The molecule has 0 aromatic heterocycles. The Balaban J connectivity index is 2.79. The number of alkyl halides is 3. The van der Waals surface area contributed by atoms with Gasteiger partial charge in [-0.3, -0.25) is 0 Å². The molecule has 2 nitrogen and oxygen atoms in total. The molecule has 0 spiro atoms. The van der Waals surface area contributed by atoms with E-state index in [1.54, 1.807) is 0 Å². The summed E-state index contributed by atoms with van der Waals surface area (Å²) < 4.78 is 42.1. The van der Waals surface area contributed by atoms with Crippen molar-refractivity contribution in [3.05, 3.63) is 0 Å². The highest BCUT2D eigenvalue weighted by molar-refractivity contribution is 4.93. The van der Waals surface area contributed by atoms with Crippen LogP contribution in [0.5, 0.6) is 0 Å². The van der Waals surface area contributed by atoms with Crippen LogP contribution in [0.15, 0.2) is 0 Å². The van der Waals surface area contributed by atoms with Gasteiger partial charge in [0.25, 0.3) is 0 Å². The minimum atomic E-state index is -4.39. The van der Waals surface area contributed by atoms with Gasteiger partial charge in [0.2, 0.25) is 0 Å². The van der Waals surface area contributed by atoms with Crippen LogP contribution in [-0.4, -0.2) is 30.1 Å². The lowest BCUT2D eigenvalue weighted by Gasteiger charge is -2.39. The molecule has 78 valence electrons. The summed E-state index contributed by atoms with van der Waals surface area (Å²) in [6.07, 6.45) is -4.88. The predicted molar refractivity (Wildman–Crippen MR) is 40.3 cm³/mol. The van der Waals surface area contributed by atoms with Crippen LogP contribution in [0, 0.1) is 0 Å². The molecule has 0 heterocycles. The SMILES string of the molecule is COC1(C(F)(F)F)CCCC(O)C1. The van der Waals surface area contributed by atoms with Gasteiger partial charge in [0, 0.05) is 13.5 Å². The molecule has 0 bridgehead atoms. The molecule has 0 aromatic carbocycles. The maximum atomic E-state index is 12.5. The quantitative estimate of drug-likeness (QED) is 0.697. The summed E-state index contributed by atoms with van der Waals surface area (Å²) >= 11 is 0. The Morgan fingerprint density at radius 1 is 1.46 bits per heavy atom. The van der Waals surface area contributed by atoms with Gasteiger partial charge in [-0.1, -0.05) is 0 Å². The lowest BCUT2D eigenvalue weighted by atomic mass is 9.82. The first-order chi connectivity index (χ1) is 5.91. The van der Waals surface area contributed by atoms with Gasteiger partial charge in [-0.2, -0.15) is 13.2 Å². The lowest BCUT2D eigenvalue weighted by Crippen LogP contribution is -2.51. The van der Waals surface area contributed by atoms with E-state index in [4.69, 9.17) is 5.11 Å². The second-order valence-electron chi connectivity index (χ2n) is 3.45. The zero-order chi connectivity index (χ0) is 10.1. The molecule has 0 saturated heterocycles. The monoisotopic (exact) mass is 198 g/mol. The Kier molecular flexibility index (Phi) is 2.87. The third-order valence-corrected chi connectivity index (χ3v) is 2.59. The molecule has 0 amide bonds. The first-order valence-electron chi connectivity index (χ1n) is 4.21. The number of aliphatic hydroxyl groups is 1. The van der Waals surface area contributed by atoms with E-state index in [-0.39, 0.29) is 12.8 Å². The Hall–Kier alpha value is -0.290. The molecule has 2 atom stereocenters. The van der Waals surface area contributed by atoms with Crippen molar-refractivity contribution >= 4 is 0 Å². The highest BCUT2D eigenvalue weighted by Gasteiger charge is 2.56. The molecule has 1 saturated carbocycles. The first kappa shape index (κ1) is 10.8. The van der Waals surface area contributed by atoms with Crippen molar-refractivity contribution in [1.82, 2.24) is 0 Å². The summed E-state index contributed by atoms with van der Waals surface area (Å²) in [4.78, 5) is 0. The molecule has 1 N–H and O–H groups in total. The number of aliphatic hydroxyl groups excluding tert-OH is 1. The van der Waals surface area contributed by atoms with E-state index >= 15 is 0 Å². The van der Waals surface area contributed by atoms with Crippen molar-refractivity contribution in [1.29, 1.82) is 0 Å². The molecular formula is C8H13F3O2. The summed E-state index contributed by atoms with van der Waals surface area (Å²) in [5, 5.41) is 9.16. The van der Waals surface area contributed by atoms with Crippen molar-refractivity contribution in [3.8, 4) is 0 Å². The van der Waals surface area contributed by atoms with E-state index in [1.807, 2.05) is 0 Å². The average Bonchev–Trinajstić information content (AvgIpc) is 2.02. The Labute approximate surface area is 74.7 Å². The third kappa shape index (κ3) is 1.96. The Morgan fingerprint density at radius 2 is 2.08 bits per heavy atom. The van der Waals surface area contributed by atoms with E-state index in [9.17, 15) is 13.2 Å². The van der Waals surface area contributed by atoms with Crippen molar-refractivity contribution < 1.29 is 23.0 Å². The summed E-state index contributed by atoms with van der Waals surface area (Å²) in [5.74, 6) is 0. The van der Waals surface area contributed by atoms with Crippen LogP contribution in [0.3, 0.4) is 0 Å². The summed E-state index contributed by atoms with van der Waals surface area (Å²) in [7, 11) is 1.05. The molecule has 1 rings (SSSR count). The van der Waals surface area contributed by atoms with Gasteiger partial charge >= 0.3 is 6.18 Å². The van der Waals surface area contributed by atoms with Gasteiger partial charge in [0.05, 0.1) is 6.10 Å². The van der Waals surface area contributed by atoms with Crippen LogP contribution in [-0.2, 0) is 4.74 Å². The molecule has 1 aliphatic carbocycles. The van der Waals surface area contributed by atoms with Crippen LogP contribution in [0.4, 0.5) is 13.2 Å². The molecular weight excluding hydrogens is 185 g/mol. The van der Waals surface area contributed by atoms with Gasteiger partial charge in [0.15, 0.2) is 5.60 Å². The van der Waals surface area contributed by atoms with Gasteiger partial charge in [-0.25, -0.2) is 0 Å². The van der Waals surface area contributed by atoms with Gasteiger partial charge in [-0.05, 0) is 19.3 Å². The first-order valence-corrected chi connectivity index (χ1v) is 4.21. The highest BCUT2D eigenvalue weighted by atomic mass is 19.4. The van der Waals surface area contributed by atoms with Crippen molar-refractivity contribution in [2.45, 2.75) is 43.6 Å². The number of methoxy groups -OCH3 is 1. The average molecular weight is 198 g/mol. The van der Waals surface area contributed by atoms with Gasteiger partial charge in [-0.15, -0.1) is 0 Å². The summed E-state index contributed by atoms with van der Waals surface area (Å²) in [5.41, 5.74) is -2.12. The molecule has 2 unspecified atom stereocenters. The van der Waals surface area contributed by atoms with Crippen molar-refractivity contribution in [3.63, 3.8) is 0 Å². The van der Waals surface area contributed by atoms with E-state index in [0.717, 1.165) is 7.11 Å². The smallest absolute Gasteiger partial charge is 0.393 e. The Bertz CT molecular complexity index is 181. The molecule has 0 aromatic rings. The maximum Gasteiger partial charge on any atom is 0.417 e. The van der Waals surface area contributed by atoms with E-state index in [1.165, 1.54) is 0 Å². The number of rotatable bonds is 1. The van der Waals surface area contributed by atoms with Crippen LogP contribution in [0.2, 0.25) is 0 Å². The summed E-state index contributed by atoms with van der Waals surface area (Å²) in [6, 6.07) is 0. The van der Waals surface area contributed by atoms with E-state index in [0.29, 0.717) is 12.8 Å². The van der Waals surface area contributed by atoms with E-state index < -0.39 is 17.9 Å². The second-order valence-corrected chi connectivity index (χ2v) is 3.45. The lowest BCUT2D eigenvalue weighted by molar-refractivity contribution is -0.286. The topological polar surface area (TPSA) is 29.5 Å². The van der Waals surface area contributed by atoms with E-state index in [2.05, 4.69) is 4.74 Å². The van der Waals surface area contributed by atoms with Crippen LogP contribution in [0.25, 0.3) is 0 Å². The van der Waals surface area contributed by atoms with Gasteiger partial charge < -0.3 is 9.84 Å². The van der Waals surface area contributed by atoms with Crippen LogP contribution >= 0.6 is 0 Å². The molecule has 5 heteroatoms. The standard InChI is InChI=1S/C8H13F3O2/c1-13-7(8(9,10)11)4-2-3-6(12)5-7/h6,12H,2-5H2,1H3. The summed E-state index contributed by atoms with van der Waals surface area (Å²) in [6.45, 7) is 0. The molecule has 1 fully saturated rings. The van der Waals surface area contributed by atoms with Crippen LogP contribution in [0.1, 0.15) is 25.7 Å². The normalized spacial score (nSPS) is 36.2. The second kappa shape index (κ2) is 3.46. The fourth-order valence-electron chi connectivity index (χ4n) is 1.77. The number of hydrogen-bond acceptors (Lipinski definition) is 2. The minimum absolute atomic E-state index is 0.0515. The Morgan fingerprint density at radius 3 is 2.38 bits per heavy atom. The zero-order valence-corrected chi connectivity index (χ0v) is 7.40. The molecule has 0 aliphatic heterocycles. The van der Waals surface area contributed by atoms with Crippen molar-refractivity contribution in [2.75, 3.05) is 7.11 Å². The number of hydrogen-bond donors (Lipinski definition) is 1. The molecule has 1 aliphatic rings. The zero-order valence-electron chi connectivity index (χ0n) is 7.40. The number of halogens is 3. The largest absolute Gasteiger partial charge is 0.417 e. The minimum Gasteiger partial charge on any atom is -0.393 e. The maximum absolute atomic E-state index is 12.5. The van der Waals surface area contributed by atoms with Crippen LogP contribution < -0.4 is 0 Å². The van der Waals surface area contributed by atoms with Gasteiger partial charge in [0.1, 0.15) is 0 Å². The van der Waals surface area contributed by atoms with Crippen molar-refractivity contribution in [2.24, 2.45) is 0 Å². The number of ether oxygens (including phenoxy) is 1.